The molecule has 1 aromatic heterocycles. The summed E-state index contributed by atoms with van der Waals surface area (Å²) in [5.74, 6) is 0. The fraction of sp³-hybridized carbons (Fsp3) is 0.333. The number of nitrogens with two attached hydrogens (primary N) is 1. The molecule has 1 aromatic carbocycles. The molecule has 0 aliphatic carbocycles. The van der Waals surface area contributed by atoms with E-state index in [1.54, 1.807) is 11.5 Å². The van der Waals surface area contributed by atoms with Crippen LogP contribution in [-0.4, -0.2) is 16.1 Å². The maximum atomic E-state index is 11.9. The zero-order valence-electron chi connectivity index (χ0n) is 10.1. The van der Waals surface area contributed by atoms with Crippen LogP contribution < -0.4 is 11.3 Å². The Morgan fingerprint density at radius 2 is 1.94 bits per heavy atom. The molecule has 0 spiro atoms. The third-order valence-corrected chi connectivity index (χ3v) is 2.60. The summed E-state index contributed by atoms with van der Waals surface area (Å²) >= 11 is 0. The van der Waals surface area contributed by atoms with Gasteiger partial charge in [-0.2, -0.15) is 0 Å². The predicted octanol–water partition coefficient (Wildman–Crippen LogP) is 1.90. The molecule has 0 fully saturated rings. The smallest absolute Gasteiger partial charge is 0.272 e. The molecule has 18 heavy (non-hydrogen) atoms. The number of fused-ring (bicyclic) bond motifs is 1. The lowest BCUT2D eigenvalue weighted by atomic mass is 10.2. The maximum Gasteiger partial charge on any atom is 0.272 e. The van der Waals surface area contributed by atoms with Gasteiger partial charge in [-0.15, -0.1) is 24.8 Å². The van der Waals surface area contributed by atoms with E-state index in [-0.39, 0.29) is 30.4 Å². The molecule has 4 nitrogen and oxygen atoms in total. The van der Waals surface area contributed by atoms with Crippen LogP contribution in [0.5, 0.6) is 0 Å². The van der Waals surface area contributed by atoms with E-state index in [9.17, 15) is 4.79 Å². The molecule has 0 bridgehead atoms. The van der Waals surface area contributed by atoms with Gasteiger partial charge in [-0.05, 0) is 32.0 Å². The quantitative estimate of drug-likeness (QED) is 0.939. The SMILES string of the molecule is Cc1nc2ccccc2n(CCCN)c1=O.Cl.Cl. The van der Waals surface area contributed by atoms with Crippen molar-refractivity contribution in [1.82, 2.24) is 9.55 Å². The highest BCUT2D eigenvalue weighted by molar-refractivity contribution is 5.85. The van der Waals surface area contributed by atoms with Gasteiger partial charge < -0.3 is 10.3 Å². The van der Waals surface area contributed by atoms with Crippen LogP contribution in [0, 0.1) is 6.92 Å². The van der Waals surface area contributed by atoms with E-state index in [4.69, 9.17) is 5.73 Å². The standard InChI is InChI=1S/C12H15N3O.2ClH/c1-9-12(16)15(8-4-7-13)11-6-3-2-5-10(11)14-9;;/h2-3,5-6H,4,7-8,13H2,1H3;2*1H. The number of benzene rings is 1. The van der Waals surface area contributed by atoms with Crippen molar-refractivity contribution in [3.05, 3.63) is 40.3 Å². The summed E-state index contributed by atoms with van der Waals surface area (Å²) in [6.07, 6.45) is 0.799. The third kappa shape index (κ3) is 3.22. The Hall–Kier alpha value is -1.10. The molecule has 100 valence electrons. The molecule has 2 N–H and O–H groups in total. The highest BCUT2D eigenvalue weighted by Crippen LogP contribution is 2.09. The average Bonchev–Trinajstić information content (AvgIpc) is 2.30. The minimum Gasteiger partial charge on any atom is -0.330 e. The van der Waals surface area contributed by atoms with Crippen molar-refractivity contribution in [2.45, 2.75) is 19.9 Å². The molecule has 2 aromatic rings. The molecule has 0 atom stereocenters. The molecule has 0 saturated carbocycles. The van der Waals surface area contributed by atoms with Crippen LogP contribution in [-0.2, 0) is 6.54 Å². The summed E-state index contributed by atoms with van der Waals surface area (Å²) in [6, 6.07) is 7.67. The molecular weight excluding hydrogens is 273 g/mol. The van der Waals surface area contributed by atoms with Crippen molar-refractivity contribution in [2.75, 3.05) is 6.54 Å². The fourth-order valence-electron chi connectivity index (χ4n) is 1.79. The van der Waals surface area contributed by atoms with E-state index in [0.29, 0.717) is 18.8 Å². The molecule has 0 saturated heterocycles. The molecule has 6 heteroatoms. The largest absolute Gasteiger partial charge is 0.330 e. The van der Waals surface area contributed by atoms with Crippen molar-refractivity contribution in [2.24, 2.45) is 5.73 Å². The minimum absolute atomic E-state index is 0. The van der Waals surface area contributed by atoms with Crippen molar-refractivity contribution < 1.29 is 0 Å². The Labute approximate surface area is 118 Å². The highest BCUT2D eigenvalue weighted by atomic mass is 35.5. The molecule has 1 heterocycles. The summed E-state index contributed by atoms with van der Waals surface area (Å²) in [5.41, 5.74) is 7.73. The molecule has 0 aliphatic heterocycles. The molecule has 0 amide bonds. The van der Waals surface area contributed by atoms with Gasteiger partial charge in [0.2, 0.25) is 0 Å². The summed E-state index contributed by atoms with van der Waals surface area (Å²) in [7, 11) is 0. The van der Waals surface area contributed by atoms with Gasteiger partial charge in [0, 0.05) is 6.54 Å². The van der Waals surface area contributed by atoms with E-state index in [0.717, 1.165) is 17.5 Å². The summed E-state index contributed by atoms with van der Waals surface area (Å²) in [4.78, 5) is 16.2. The van der Waals surface area contributed by atoms with E-state index in [2.05, 4.69) is 4.98 Å². The van der Waals surface area contributed by atoms with Crippen LogP contribution in [0.3, 0.4) is 0 Å². The zero-order valence-corrected chi connectivity index (χ0v) is 11.8. The molecule has 0 unspecified atom stereocenters. The van der Waals surface area contributed by atoms with Crippen LogP contribution >= 0.6 is 24.8 Å². The van der Waals surface area contributed by atoms with Crippen LogP contribution in [0.25, 0.3) is 11.0 Å². The zero-order chi connectivity index (χ0) is 11.5. The van der Waals surface area contributed by atoms with Gasteiger partial charge in [0.1, 0.15) is 5.69 Å². The van der Waals surface area contributed by atoms with Crippen molar-refractivity contribution in [1.29, 1.82) is 0 Å². The Balaban J connectivity index is 0.00000144. The van der Waals surface area contributed by atoms with Crippen molar-refractivity contribution >= 4 is 35.8 Å². The Morgan fingerprint density at radius 1 is 1.28 bits per heavy atom. The van der Waals surface area contributed by atoms with Crippen molar-refractivity contribution in [3.63, 3.8) is 0 Å². The summed E-state index contributed by atoms with van der Waals surface area (Å²) in [5, 5.41) is 0. The summed E-state index contributed by atoms with van der Waals surface area (Å²) < 4.78 is 1.75. The van der Waals surface area contributed by atoms with Gasteiger partial charge in [0.25, 0.3) is 5.56 Å². The lowest BCUT2D eigenvalue weighted by Crippen LogP contribution is -2.25. The Morgan fingerprint density at radius 3 is 2.61 bits per heavy atom. The first-order valence-electron chi connectivity index (χ1n) is 5.40. The maximum absolute atomic E-state index is 11.9. The van der Waals surface area contributed by atoms with Crippen LogP contribution in [0.2, 0.25) is 0 Å². The van der Waals surface area contributed by atoms with Gasteiger partial charge in [-0.25, -0.2) is 4.98 Å². The Kier molecular flexibility index (Phi) is 6.91. The van der Waals surface area contributed by atoms with Crippen LogP contribution in [0.1, 0.15) is 12.1 Å². The van der Waals surface area contributed by atoms with Gasteiger partial charge in [-0.1, -0.05) is 12.1 Å². The number of rotatable bonds is 3. The highest BCUT2D eigenvalue weighted by Gasteiger charge is 2.06. The lowest BCUT2D eigenvalue weighted by Gasteiger charge is -2.09. The number of para-hydroxylation sites is 2. The lowest BCUT2D eigenvalue weighted by molar-refractivity contribution is 0.643. The summed E-state index contributed by atoms with van der Waals surface area (Å²) in [6.45, 7) is 2.98. The molecule has 0 aliphatic rings. The molecule has 0 radical (unpaired) electrons. The van der Waals surface area contributed by atoms with Gasteiger partial charge in [0.05, 0.1) is 11.0 Å². The average molecular weight is 290 g/mol. The fourth-order valence-corrected chi connectivity index (χ4v) is 1.79. The topological polar surface area (TPSA) is 60.9 Å². The van der Waals surface area contributed by atoms with Crippen LogP contribution in [0.15, 0.2) is 29.1 Å². The number of hydrogen-bond donors (Lipinski definition) is 1. The van der Waals surface area contributed by atoms with Gasteiger partial charge >= 0.3 is 0 Å². The predicted molar refractivity (Wildman–Crippen MR) is 78.9 cm³/mol. The third-order valence-electron chi connectivity index (χ3n) is 2.60. The Bertz CT molecular complexity index is 569. The monoisotopic (exact) mass is 289 g/mol. The first-order chi connectivity index (χ1) is 7.74. The number of hydrogen-bond acceptors (Lipinski definition) is 3. The van der Waals surface area contributed by atoms with E-state index < -0.39 is 0 Å². The van der Waals surface area contributed by atoms with E-state index in [1.807, 2.05) is 24.3 Å². The number of halogens is 2. The second-order valence-corrected chi connectivity index (χ2v) is 3.78. The second kappa shape index (κ2) is 7.36. The first kappa shape index (κ1) is 16.9. The minimum atomic E-state index is -0.0212. The second-order valence-electron chi connectivity index (χ2n) is 3.78. The van der Waals surface area contributed by atoms with E-state index >= 15 is 0 Å². The van der Waals surface area contributed by atoms with Crippen LogP contribution in [0.4, 0.5) is 0 Å². The van der Waals surface area contributed by atoms with Gasteiger partial charge in [0.15, 0.2) is 0 Å². The first-order valence-corrected chi connectivity index (χ1v) is 5.40. The van der Waals surface area contributed by atoms with E-state index in [1.165, 1.54) is 0 Å². The number of nitrogens with zero attached hydrogens (tertiary/aromatic N) is 2. The number of aromatic nitrogens is 2. The van der Waals surface area contributed by atoms with Gasteiger partial charge in [-0.3, -0.25) is 4.79 Å². The number of aryl methyl sites for hydroxylation is 2. The normalized spacial score (nSPS) is 9.67. The molecular formula is C12H17Cl2N3O. The molecule has 2 rings (SSSR count). The van der Waals surface area contributed by atoms with Crippen molar-refractivity contribution in [3.8, 4) is 0 Å².